The Labute approximate surface area is 147 Å². The molecule has 1 amide bonds. The van der Waals surface area contributed by atoms with Crippen LogP contribution < -0.4 is 5.32 Å². The van der Waals surface area contributed by atoms with E-state index < -0.39 is 0 Å². The van der Waals surface area contributed by atoms with Crippen LogP contribution in [0.2, 0.25) is 0 Å². The quantitative estimate of drug-likeness (QED) is 0.715. The van der Waals surface area contributed by atoms with Gasteiger partial charge >= 0.3 is 0 Å². The van der Waals surface area contributed by atoms with E-state index in [0.29, 0.717) is 17.5 Å². The summed E-state index contributed by atoms with van der Waals surface area (Å²) in [5.41, 5.74) is 1.88. The third-order valence-corrected chi connectivity index (χ3v) is 4.38. The fourth-order valence-corrected chi connectivity index (χ4v) is 2.90. The number of aromatic nitrogens is 2. The number of carbonyl (C=O) groups excluding carboxylic acids is 1. The first-order chi connectivity index (χ1) is 12.1. The second-order valence-corrected chi connectivity index (χ2v) is 5.97. The molecule has 0 aliphatic heterocycles. The van der Waals surface area contributed by atoms with Gasteiger partial charge in [0.05, 0.1) is 11.0 Å². The van der Waals surface area contributed by atoms with Crippen LogP contribution in [-0.4, -0.2) is 40.0 Å². The molecule has 0 saturated carbocycles. The topological polar surface area (TPSA) is 63.3 Å². The monoisotopic (exact) mass is 340 g/mol. The summed E-state index contributed by atoms with van der Waals surface area (Å²) >= 11 is 0. The van der Waals surface area contributed by atoms with Crippen molar-refractivity contribution in [3.05, 3.63) is 47.9 Å². The van der Waals surface area contributed by atoms with Gasteiger partial charge in [0.1, 0.15) is 5.76 Å². The van der Waals surface area contributed by atoms with Crippen LogP contribution in [0.1, 0.15) is 30.2 Å². The van der Waals surface area contributed by atoms with Crippen LogP contribution >= 0.6 is 0 Å². The number of nitrogens with zero attached hydrogens (tertiary/aromatic N) is 3. The molecule has 132 valence electrons. The molecule has 6 nitrogen and oxygen atoms in total. The molecule has 3 aromatic rings. The third kappa shape index (κ3) is 3.74. The van der Waals surface area contributed by atoms with Crippen molar-refractivity contribution in [2.24, 2.45) is 0 Å². The number of rotatable bonds is 7. The molecule has 0 aliphatic rings. The maximum absolute atomic E-state index is 12.4. The van der Waals surface area contributed by atoms with E-state index in [1.165, 1.54) is 0 Å². The lowest BCUT2D eigenvalue weighted by Crippen LogP contribution is -2.27. The molecule has 1 N–H and O–H groups in total. The zero-order valence-corrected chi connectivity index (χ0v) is 15.0. The Morgan fingerprint density at radius 1 is 1.20 bits per heavy atom. The van der Waals surface area contributed by atoms with Gasteiger partial charge in [0.25, 0.3) is 5.91 Å². The number of fused-ring (bicyclic) bond motifs is 1. The second kappa shape index (κ2) is 7.53. The maximum atomic E-state index is 12.4. The first-order valence-electron chi connectivity index (χ1n) is 8.67. The van der Waals surface area contributed by atoms with E-state index >= 15 is 0 Å². The van der Waals surface area contributed by atoms with Crippen molar-refractivity contribution in [1.29, 1.82) is 0 Å². The zero-order valence-electron chi connectivity index (χ0n) is 15.0. The van der Waals surface area contributed by atoms with Gasteiger partial charge in [0.2, 0.25) is 5.95 Å². The van der Waals surface area contributed by atoms with Crippen molar-refractivity contribution < 1.29 is 9.21 Å². The molecule has 0 bridgehead atoms. The van der Waals surface area contributed by atoms with Crippen LogP contribution in [0.5, 0.6) is 0 Å². The molecule has 25 heavy (non-hydrogen) atoms. The number of hydrogen-bond donors (Lipinski definition) is 1. The smallest absolute Gasteiger partial charge is 0.293 e. The van der Waals surface area contributed by atoms with Crippen LogP contribution in [-0.2, 0) is 6.54 Å². The summed E-state index contributed by atoms with van der Waals surface area (Å²) < 4.78 is 7.46. The number of aryl methyl sites for hydroxylation is 1. The fourth-order valence-electron chi connectivity index (χ4n) is 2.90. The molecule has 0 unspecified atom stereocenters. The Morgan fingerprint density at radius 2 is 1.96 bits per heavy atom. The highest BCUT2D eigenvalue weighted by Gasteiger charge is 2.16. The Hall–Kier alpha value is -2.60. The predicted molar refractivity (Wildman–Crippen MR) is 98.9 cm³/mol. The molecule has 3 rings (SSSR count). The molecule has 2 aromatic heterocycles. The minimum Gasteiger partial charge on any atom is -0.456 e. The molecule has 0 fully saturated rings. The summed E-state index contributed by atoms with van der Waals surface area (Å²) in [4.78, 5) is 19.4. The normalized spacial score (nSPS) is 11.4. The summed E-state index contributed by atoms with van der Waals surface area (Å²) in [5.74, 6) is 1.26. The summed E-state index contributed by atoms with van der Waals surface area (Å²) in [7, 11) is 0. The standard InChI is InChI=1S/C19H24N4O2/c1-4-22(5-2)12-13-23-16-9-7-6-8-15(16)20-19(23)21-18(24)17-11-10-14(3)25-17/h6-11H,4-5,12-13H2,1-3H3,(H,20,21,24). The third-order valence-electron chi connectivity index (χ3n) is 4.38. The highest BCUT2D eigenvalue weighted by molar-refractivity contribution is 6.02. The Morgan fingerprint density at radius 3 is 2.64 bits per heavy atom. The van der Waals surface area contributed by atoms with E-state index in [1.54, 1.807) is 12.1 Å². The highest BCUT2D eigenvalue weighted by atomic mass is 16.3. The minimum atomic E-state index is -0.285. The maximum Gasteiger partial charge on any atom is 0.293 e. The lowest BCUT2D eigenvalue weighted by molar-refractivity contribution is 0.0994. The van der Waals surface area contributed by atoms with Gasteiger partial charge in [-0.25, -0.2) is 4.98 Å². The van der Waals surface area contributed by atoms with E-state index in [-0.39, 0.29) is 5.91 Å². The number of amides is 1. The number of furan rings is 1. The molecule has 0 saturated heterocycles. The van der Waals surface area contributed by atoms with Crippen LogP contribution in [0, 0.1) is 6.92 Å². The molecule has 0 atom stereocenters. The summed E-state index contributed by atoms with van der Waals surface area (Å²) in [6.07, 6.45) is 0. The van der Waals surface area contributed by atoms with E-state index in [2.05, 4.69) is 33.6 Å². The first-order valence-corrected chi connectivity index (χ1v) is 8.67. The SMILES string of the molecule is CCN(CC)CCn1c(NC(=O)c2ccc(C)o2)nc2ccccc21. The fraction of sp³-hybridized carbons (Fsp3) is 0.368. The first kappa shape index (κ1) is 17.2. The van der Waals surface area contributed by atoms with Crippen molar-refractivity contribution in [3.8, 4) is 0 Å². The van der Waals surface area contributed by atoms with Gasteiger partial charge in [-0.1, -0.05) is 26.0 Å². The lowest BCUT2D eigenvalue weighted by atomic mass is 10.3. The van der Waals surface area contributed by atoms with Crippen LogP contribution in [0.4, 0.5) is 5.95 Å². The molecule has 0 aliphatic carbocycles. The van der Waals surface area contributed by atoms with Gasteiger partial charge in [-0.05, 0) is 44.3 Å². The molecule has 2 heterocycles. The number of imidazole rings is 1. The average molecular weight is 340 g/mol. The molecule has 0 radical (unpaired) electrons. The van der Waals surface area contributed by atoms with Gasteiger partial charge in [-0.3, -0.25) is 10.1 Å². The second-order valence-electron chi connectivity index (χ2n) is 5.97. The number of nitrogens with one attached hydrogen (secondary N) is 1. The van der Waals surface area contributed by atoms with Crippen molar-refractivity contribution in [2.45, 2.75) is 27.3 Å². The molecule has 0 spiro atoms. The van der Waals surface area contributed by atoms with Gasteiger partial charge < -0.3 is 13.9 Å². The Kier molecular flexibility index (Phi) is 5.19. The van der Waals surface area contributed by atoms with Crippen molar-refractivity contribution in [3.63, 3.8) is 0 Å². The van der Waals surface area contributed by atoms with Gasteiger partial charge in [0, 0.05) is 13.1 Å². The van der Waals surface area contributed by atoms with E-state index in [1.807, 2.05) is 31.2 Å². The number of likely N-dealkylation sites (N-methyl/N-ethyl adjacent to an activating group) is 1. The summed E-state index contributed by atoms with van der Waals surface area (Å²) in [6.45, 7) is 9.77. The van der Waals surface area contributed by atoms with E-state index in [0.717, 1.165) is 37.2 Å². The Bertz CT molecular complexity index is 861. The average Bonchev–Trinajstić information content (AvgIpc) is 3.20. The van der Waals surface area contributed by atoms with Crippen LogP contribution in [0.15, 0.2) is 40.8 Å². The highest BCUT2D eigenvalue weighted by Crippen LogP contribution is 2.20. The largest absolute Gasteiger partial charge is 0.456 e. The number of benzene rings is 1. The molecular weight excluding hydrogens is 316 g/mol. The van der Waals surface area contributed by atoms with Crippen molar-refractivity contribution in [2.75, 3.05) is 25.0 Å². The van der Waals surface area contributed by atoms with E-state index in [9.17, 15) is 4.79 Å². The van der Waals surface area contributed by atoms with Crippen LogP contribution in [0.3, 0.4) is 0 Å². The molecular formula is C19H24N4O2. The number of para-hydroxylation sites is 2. The van der Waals surface area contributed by atoms with Crippen molar-refractivity contribution in [1.82, 2.24) is 14.5 Å². The van der Waals surface area contributed by atoms with Gasteiger partial charge in [0.15, 0.2) is 5.76 Å². The number of carbonyl (C=O) groups is 1. The zero-order chi connectivity index (χ0) is 17.8. The van der Waals surface area contributed by atoms with E-state index in [4.69, 9.17) is 4.42 Å². The lowest BCUT2D eigenvalue weighted by Gasteiger charge is -2.19. The number of hydrogen-bond acceptors (Lipinski definition) is 4. The summed E-state index contributed by atoms with van der Waals surface area (Å²) in [5, 5.41) is 2.89. The summed E-state index contributed by atoms with van der Waals surface area (Å²) in [6, 6.07) is 11.4. The predicted octanol–water partition coefficient (Wildman–Crippen LogP) is 3.53. The minimum absolute atomic E-state index is 0.285. The molecule has 6 heteroatoms. The van der Waals surface area contributed by atoms with Crippen molar-refractivity contribution >= 4 is 22.9 Å². The molecule has 1 aromatic carbocycles. The van der Waals surface area contributed by atoms with Gasteiger partial charge in [-0.2, -0.15) is 0 Å². The number of anilines is 1. The van der Waals surface area contributed by atoms with Gasteiger partial charge in [-0.15, -0.1) is 0 Å². The Balaban J connectivity index is 1.88. The van der Waals surface area contributed by atoms with Crippen LogP contribution in [0.25, 0.3) is 11.0 Å².